The summed E-state index contributed by atoms with van der Waals surface area (Å²) in [7, 11) is 0. The molecule has 0 unspecified atom stereocenters. The van der Waals surface area contributed by atoms with Crippen molar-refractivity contribution in [3.05, 3.63) is 70.0 Å². The van der Waals surface area contributed by atoms with Crippen molar-refractivity contribution in [1.29, 1.82) is 0 Å². The number of fused-ring (bicyclic) bond motifs is 1. The molecule has 7 nitrogen and oxygen atoms in total. The standard InChI is InChI=1S/C20H22N4O3/c1-2-27-13-5-12-21-19(25)16-10-8-15(9-11-16)14-24-20(26)17-6-3-4-7-18(17)22-23-24/h3-4,6-11H,2,5,12-14H2,1H3,(H,21,25). The zero-order valence-electron chi connectivity index (χ0n) is 15.2. The fourth-order valence-electron chi connectivity index (χ4n) is 2.68. The molecular formula is C20H22N4O3. The Morgan fingerprint density at radius 2 is 1.93 bits per heavy atom. The Labute approximate surface area is 157 Å². The highest BCUT2D eigenvalue weighted by atomic mass is 16.5. The van der Waals surface area contributed by atoms with E-state index in [0.717, 1.165) is 12.0 Å². The molecule has 0 bridgehead atoms. The Morgan fingerprint density at radius 1 is 1.15 bits per heavy atom. The first-order valence-electron chi connectivity index (χ1n) is 8.96. The highest BCUT2D eigenvalue weighted by molar-refractivity contribution is 5.94. The Morgan fingerprint density at radius 3 is 2.70 bits per heavy atom. The van der Waals surface area contributed by atoms with Gasteiger partial charge in [0.05, 0.1) is 11.9 Å². The molecule has 0 radical (unpaired) electrons. The van der Waals surface area contributed by atoms with Crippen LogP contribution in [0.3, 0.4) is 0 Å². The molecule has 0 fully saturated rings. The molecule has 3 aromatic rings. The van der Waals surface area contributed by atoms with Gasteiger partial charge in [0.2, 0.25) is 0 Å². The van der Waals surface area contributed by atoms with Gasteiger partial charge in [-0.15, -0.1) is 5.10 Å². The lowest BCUT2D eigenvalue weighted by Crippen LogP contribution is -2.26. The molecule has 7 heteroatoms. The zero-order valence-corrected chi connectivity index (χ0v) is 15.2. The molecule has 2 aromatic carbocycles. The largest absolute Gasteiger partial charge is 0.382 e. The molecule has 0 aliphatic heterocycles. The molecule has 1 aromatic heterocycles. The molecule has 140 valence electrons. The van der Waals surface area contributed by atoms with Crippen LogP contribution in [0.4, 0.5) is 0 Å². The molecular weight excluding hydrogens is 344 g/mol. The number of carbonyl (C=O) groups excluding carboxylic acids is 1. The average Bonchev–Trinajstić information content (AvgIpc) is 2.70. The van der Waals surface area contributed by atoms with Crippen LogP contribution in [0.1, 0.15) is 29.3 Å². The van der Waals surface area contributed by atoms with Crippen LogP contribution in [-0.4, -0.2) is 40.7 Å². The smallest absolute Gasteiger partial charge is 0.277 e. The van der Waals surface area contributed by atoms with Gasteiger partial charge in [0.15, 0.2) is 0 Å². The van der Waals surface area contributed by atoms with Crippen LogP contribution in [-0.2, 0) is 11.3 Å². The fraction of sp³-hybridized carbons (Fsp3) is 0.300. The van der Waals surface area contributed by atoms with E-state index >= 15 is 0 Å². The van der Waals surface area contributed by atoms with Crippen LogP contribution in [0.5, 0.6) is 0 Å². The summed E-state index contributed by atoms with van der Waals surface area (Å²) in [4.78, 5) is 24.6. The van der Waals surface area contributed by atoms with Gasteiger partial charge < -0.3 is 10.1 Å². The topological polar surface area (TPSA) is 86.1 Å². The molecule has 1 amide bonds. The first-order chi connectivity index (χ1) is 13.2. The fourth-order valence-corrected chi connectivity index (χ4v) is 2.68. The summed E-state index contributed by atoms with van der Waals surface area (Å²) in [6.45, 7) is 4.13. The number of hydrogen-bond acceptors (Lipinski definition) is 5. The molecule has 0 atom stereocenters. The first-order valence-corrected chi connectivity index (χ1v) is 8.96. The van der Waals surface area contributed by atoms with Crippen LogP contribution in [0, 0.1) is 0 Å². The third-order valence-electron chi connectivity index (χ3n) is 4.13. The Kier molecular flexibility index (Phi) is 6.27. The third-order valence-corrected chi connectivity index (χ3v) is 4.13. The lowest BCUT2D eigenvalue weighted by molar-refractivity contribution is 0.0944. The summed E-state index contributed by atoms with van der Waals surface area (Å²) in [5, 5.41) is 11.5. The molecule has 27 heavy (non-hydrogen) atoms. The predicted octanol–water partition coefficient (Wildman–Crippen LogP) is 2.00. The Hall–Kier alpha value is -3.06. The van der Waals surface area contributed by atoms with E-state index in [2.05, 4.69) is 15.6 Å². The van der Waals surface area contributed by atoms with Crippen molar-refractivity contribution >= 4 is 16.8 Å². The van der Waals surface area contributed by atoms with Gasteiger partial charge in [-0.3, -0.25) is 9.59 Å². The van der Waals surface area contributed by atoms with E-state index in [1.54, 1.807) is 30.3 Å². The van der Waals surface area contributed by atoms with Crippen LogP contribution >= 0.6 is 0 Å². The maximum atomic E-state index is 12.5. The van der Waals surface area contributed by atoms with Gasteiger partial charge >= 0.3 is 0 Å². The van der Waals surface area contributed by atoms with Crippen LogP contribution in [0.15, 0.2) is 53.3 Å². The van der Waals surface area contributed by atoms with Gasteiger partial charge in [0.1, 0.15) is 5.52 Å². The molecule has 0 saturated heterocycles. The molecule has 0 spiro atoms. The number of nitrogens with one attached hydrogen (secondary N) is 1. The highest BCUT2D eigenvalue weighted by Crippen LogP contribution is 2.07. The number of nitrogens with zero attached hydrogens (tertiary/aromatic N) is 3. The number of benzene rings is 2. The van der Waals surface area contributed by atoms with Gasteiger partial charge in [0, 0.05) is 25.3 Å². The van der Waals surface area contributed by atoms with E-state index in [4.69, 9.17) is 4.74 Å². The van der Waals surface area contributed by atoms with Gasteiger partial charge in [-0.25, -0.2) is 4.68 Å². The summed E-state index contributed by atoms with van der Waals surface area (Å²) in [6.07, 6.45) is 0.779. The van der Waals surface area contributed by atoms with Crippen molar-refractivity contribution in [1.82, 2.24) is 20.3 Å². The second-order valence-corrected chi connectivity index (χ2v) is 6.07. The van der Waals surface area contributed by atoms with Crippen molar-refractivity contribution in [3.63, 3.8) is 0 Å². The molecule has 0 aliphatic rings. The first kappa shape index (κ1) is 18.7. The van der Waals surface area contributed by atoms with E-state index in [0.29, 0.717) is 42.8 Å². The van der Waals surface area contributed by atoms with Crippen molar-refractivity contribution < 1.29 is 9.53 Å². The van der Waals surface area contributed by atoms with E-state index in [1.807, 2.05) is 25.1 Å². The number of rotatable bonds is 8. The number of ether oxygens (including phenoxy) is 1. The molecule has 3 rings (SSSR count). The third kappa shape index (κ3) is 4.77. The number of aromatic nitrogens is 3. The van der Waals surface area contributed by atoms with Gasteiger partial charge in [-0.1, -0.05) is 29.5 Å². The van der Waals surface area contributed by atoms with Gasteiger partial charge in [0.25, 0.3) is 11.5 Å². The normalized spacial score (nSPS) is 10.9. The predicted molar refractivity (Wildman–Crippen MR) is 103 cm³/mol. The van der Waals surface area contributed by atoms with Crippen molar-refractivity contribution in [3.8, 4) is 0 Å². The maximum absolute atomic E-state index is 12.5. The molecule has 0 saturated carbocycles. The van der Waals surface area contributed by atoms with E-state index in [-0.39, 0.29) is 11.5 Å². The minimum absolute atomic E-state index is 0.124. The monoisotopic (exact) mass is 366 g/mol. The minimum Gasteiger partial charge on any atom is -0.382 e. The van der Waals surface area contributed by atoms with Crippen LogP contribution in [0.2, 0.25) is 0 Å². The Balaban J connectivity index is 1.63. The lowest BCUT2D eigenvalue weighted by atomic mass is 10.1. The molecule has 1 N–H and O–H groups in total. The van der Waals surface area contributed by atoms with Crippen molar-refractivity contribution in [2.24, 2.45) is 0 Å². The Bertz CT molecular complexity index is 967. The molecule has 1 heterocycles. The summed E-state index contributed by atoms with van der Waals surface area (Å²) in [6, 6.07) is 14.2. The second-order valence-electron chi connectivity index (χ2n) is 6.07. The van der Waals surface area contributed by atoms with E-state index in [1.165, 1.54) is 4.68 Å². The summed E-state index contributed by atoms with van der Waals surface area (Å²) < 4.78 is 6.56. The quantitative estimate of drug-likeness (QED) is 0.616. The van der Waals surface area contributed by atoms with Gasteiger partial charge in [-0.2, -0.15) is 0 Å². The maximum Gasteiger partial charge on any atom is 0.277 e. The van der Waals surface area contributed by atoms with E-state index in [9.17, 15) is 9.59 Å². The zero-order chi connectivity index (χ0) is 19.1. The van der Waals surface area contributed by atoms with E-state index < -0.39 is 0 Å². The summed E-state index contributed by atoms with van der Waals surface area (Å²) in [5.41, 5.74) is 1.84. The average molecular weight is 366 g/mol. The SMILES string of the molecule is CCOCCCNC(=O)c1ccc(Cn2nnc3ccccc3c2=O)cc1. The van der Waals surface area contributed by atoms with Crippen molar-refractivity contribution in [2.45, 2.75) is 19.9 Å². The number of carbonyl (C=O) groups is 1. The number of hydrogen-bond donors (Lipinski definition) is 1. The summed E-state index contributed by atoms with van der Waals surface area (Å²) >= 11 is 0. The van der Waals surface area contributed by atoms with Gasteiger partial charge in [-0.05, 0) is 43.2 Å². The second kappa shape index (κ2) is 9.05. The van der Waals surface area contributed by atoms with Crippen molar-refractivity contribution in [2.75, 3.05) is 19.8 Å². The van der Waals surface area contributed by atoms with Crippen LogP contribution < -0.4 is 10.9 Å². The summed E-state index contributed by atoms with van der Waals surface area (Å²) in [5.74, 6) is -0.124. The molecule has 0 aliphatic carbocycles. The lowest BCUT2D eigenvalue weighted by Gasteiger charge is -2.07. The highest BCUT2D eigenvalue weighted by Gasteiger charge is 2.08. The minimum atomic E-state index is -0.184. The number of amides is 1. The van der Waals surface area contributed by atoms with Crippen LogP contribution in [0.25, 0.3) is 10.9 Å².